The smallest absolute Gasteiger partial charge is 0.240 e. The molecule has 14 heavy (non-hydrogen) atoms. The van der Waals surface area contributed by atoms with Gasteiger partial charge in [-0.3, -0.25) is 14.4 Å². The van der Waals surface area contributed by atoms with E-state index in [-0.39, 0.29) is 12.3 Å². The largest absolute Gasteiger partial charge is 0.370 e. The number of hydrogen-bond donors (Lipinski definition) is 3. The van der Waals surface area contributed by atoms with Crippen LogP contribution in [0.15, 0.2) is 0 Å². The average molecular weight is 201 g/mol. The summed E-state index contributed by atoms with van der Waals surface area (Å²) >= 11 is 0. The van der Waals surface area contributed by atoms with Gasteiger partial charge >= 0.3 is 0 Å². The normalized spacial score (nSPS) is 14.1. The van der Waals surface area contributed by atoms with E-state index >= 15 is 0 Å². The predicted molar refractivity (Wildman–Crippen MR) is 49.8 cm³/mol. The maximum atomic E-state index is 10.9. The van der Waals surface area contributed by atoms with Crippen LogP contribution in [0.25, 0.3) is 0 Å². The summed E-state index contributed by atoms with van der Waals surface area (Å²) in [4.78, 5) is 32.2. The maximum absolute atomic E-state index is 10.9. The van der Waals surface area contributed by atoms with Gasteiger partial charge in [-0.2, -0.15) is 0 Å². The monoisotopic (exact) mass is 201 g/mol. The molecule has 0 heterocycles. The first-order valence-corrected chi connectivity index (χ1v) is 4.19. The average Bonchev–Trinajstić information content (AvgIpc) is 1.97. The highest BCUT2D eigenvalue weighted by atomic mass is 16.2. The van der Waals surface area contributed by atoms with Gasteiger partial charge in [0.05, 0.1) is 0 Å². The predicted octanol–water partition coefficient (Wildman–Crippen LogP) is -1.51. The summed E-state index contributed by atoms with van der Waals surface area (Å²) in [7, 11) is 0. The molecule has 5 N–H and O–H groups in total. The summed E-state index contributed by atoms with van der Waals surface area (Å²) in [6, 6.07) is -0.847. The van der Waals surface area contributed by atoms with Gasteiger partial charge in [0.2, 0.25) is 17.7 Å². The van der Waals surface area contributed by atoms with Crippen LogP contribution in [0.5, 0.6) is 0 Å². The van der Waals surface area contributed by atoms with E-state index in [0.29, 0.717) is 0 Å². The van der Waals surface area contributed by atoms with Crippen LogP contribution in [0.2, 0.25) is 0 Å². The Morgan fingerprint density at radius 2 is 1.79 bits per heavy atom. The van der Waals surface area contributed by atoms with Crippen molar-refractivity contribution in [3.8, 4) is 0 Å². The van der Waals surface area contributed by atoms with Gasteiger partial charge in [0, 0.05) is 13.3 Å². The first-order valence-electron chi connectivity index (χ1n) is 4.19. The van der Waals surface area contributed by atoms with Crippen molar-refractivity contribution >= 4 is 17.7 Å². The molecule has 0 fully saturated rings. The molecule has 80 valence electrons. The summed E-state index contributed by atoms with van der Waals surface area (Å²) < 4.78 is 0. The van der Waals surface area contributed by atoms with E-state index in [1.54, 1.807) is 6.92 Å². The lowest BCUT2D eigenvalue weighted by Gasteiger charge is -2.20. The molecule has 0 radical (unpaired) electrons. The SMILES string of the molecule is CC(=O)N[C@H](C(N)=O)[C@@H](C)CC(N)=O. The second kappa shape index (κ2) is 5.21. The molecule has 0 aromatic rings. The number of carbonyl (C=O) groups is 3. The second-order valence-corrected chi connectivity index (χ2v) is 3.23. The number of hydrogen-bond acceptors (Lipinski definition) is 3. The number of primary amides is 2. The number of nitrogens with one attached hydrogen (secondary N) is 1. The molecule has 0 aromatic carbocycles. The molecule has 0 rings (SSSR count). The van der Waals surface area contributed by atoms with Crippen LogP contribution < -0.4 is 16.8 Å². The fourth-order valence-electron chi connectivity index (χ4n) is 1.15. The highest BCUT2D eigenvalue weighted by molar-refractivity contribution is 5.86. The van der Waals surface area contributed by atoms with Gasteiger partial charge in [0.25, 0.3) is 0 Å². The minimum atomic E-state index is -0.847. The van der Waals surface area contributed by atoms with E-state index in [2.05, 4.69) is 5.32 Å². The van der Waals surface area contributed by atoms with Crippen molar-refractivity contribution in [1.82, 2.24) is 5.32 Å². The van der Waals surface area contributed by atoms with E-state index < -0.39 is 23.8 Å². The molecular weight excluding hydrogens is 186 g/mol. The minimum Gasteiger partial charge on any atom is -0.370 e. The van der Waals surface area contributed by atoms with E-state index in [4.69, 9.17) is 11.5 Å². The Balaban J connectivity index is 4.40. The molecule has 6 heteroatoms. The van der Waals surface area contributed by atoms with Crippen LogP contribution in [0.3, 0.4) is 0 Å². The summed E-state index contributed by atoms with van der Waals surface area (Å²) in [6.07, 6.45) is 0.00782. The second-order valence-electron chi connectivity index (χ2n) is 3.23. The van der Waals surface area contributed by atoms with Gasteiger partial charge in [0.1, 0.15) is 6.04 Å². The van der Waals surface area contributed by atoms with Crippen molar-refractivity contribution in [2.75, 3.05) is 0 Å². The standard InChI is InChI=1S/C8H15N3O3/c1-4(3-6(9)13)7(8(10)14)11-5(2)12/h4,7H,3H2,1-2H3,(H2,9,13)(H2,10,14)(H,11,12)/t4-,7-/m0/s1. The van der Waals surface area contributed by atoms with Gasteiger partial charge in [-0.1, -0.05) is 6.92 Å². The zero-order valence-corrected chi connectivity index (χ0v) is 8.24. The Kier molecular flexibility index (Phi) is 4.62. The highest BCUT2D eigenvalue weighted by Crippen LogP contribution is 2.07. The first-order chi connectivity index (χ1) is 6.34. The van der Waals surface area contributed by atoms with Crippen LogP contribution in [0, 0.1) is 5.92 Å². The Morgan fingerprint density at radius 3 is 2.07 bits per heavy atom. The molecule has 0 aliphatic heterocycles. The molecule has 2 atom stereocenters. The first kappa shape index (κ1) is 12.4. The van der Waals surface area contributed by atoms with Crippen molar-refractivity contribution in [2.24, 2.45) is 17.4 Å². The molecule has 0 bridgehead atoms. The van der Waals surface area contributed by atoms with Crippen LogP contribution in [0.4, 0.5) is 0 Å². The van der Waals surface area contributed by atoms with E-state index in [9.17, 15) is 14.4 Å². The lowest BCUT2D eigenvalue weighted by atomic mass is 9.97. The molecule has 0 aromatic heterocycles. The molecule has 0 aliphatic carbocycles. The third kappa shape index (κ3) is 4.44. The topological polar surface area (TPSA) is 115 Å². The Hall–Kier alpha value is -1.59. The summed E-state index contributed by atoms with van der Waals surface area (Å²) in [5, 5.41) is 2.36. The van der Waals surface area contributed by atoms with Crippen LogP contribution in [-0.2, 0) is 14.4 Å². The zero-order valence-electron chi connectivity index (χ0n) is 8.24. The minimum absolute atomic E-state index is 0.00782. The van der Waals surface area contributed by atoms with Crippen molar-refractivity contribution in [1.29, 1.82) is 0 Å². The van der Waals surface area contributed by atoms with Gasteiger partial charge < -0.3 is 16.8 Å². The van der Waals surface area contributed by atoms with Gasteiger partial charge in [-0.15, -0.1) is 0 Å². The highest BCUT2D eigenvalue weighted by Gasteiger charge is 2.24. The zero-order chi connectivity index (χ0) is 11.3. The van der Waals surface area contributed by atoms with E-state index in [1.165, 1.54) is 6.92 Å². The van der Waals surface area contributed by atoms with Gasteiger partial charge in [0.15, 0.2) is 0 Å². The molecule has 6 nitrogen and oxygen atoms in total. The van der Waals surface area contributed by atoms with Crippen LogP contribution in [0.1, 0.15) is 20.3 Å². The summed E-state index contributed by atoms with van der Waals surface area (Å²) in [6.45, 7) is 2.89. The molecule has 3 amide bonds. The summed E-state index contributed by atoms with van der Waals surface area (Å²) in [5.41, 5.74) is 10.0. The lowest BCUT2D eigenvalue weighted by Crippen LogP contribution is -2.48. The van der Waals surface area contributed by atoms with Crippen LogP contribution in [-0.4, -0.2) is 23.8 Å². The third-order valence-corrected chi connectivity index (χ3v) is 1.76. The Morgan fingerprint density at radius 1 is 1.29 bits per heavy atom. The van der Waals surface area contributed by atoms with Crippen molar-refractivity contribution < 1.29 is 14.4 Å². The number of nitrogens with two attached hydrogens (primary N) is 2. The maximum Gasteiger partial charge on any atom is 0.240 e. The van der Waals surface area contributed by atoms with E-state index in [0.717, 1.165) is 0 Å². The molecular formula is C8H15N3O3. The Bertz CT molecular complexity index is 252. The lowest BCUT2D eigenvalue weighted by molar-refractivity contribution is -0.128. The quantitative estimate of drug-likeness (QED) is 0.502. The Labute approximate surface area is 82.0 Å². The van der Waals surface area contributed by atoms with Crippen LogP contribution >= 0.6 is 0 Å². The molecule has 0 unspecified atom stereocenters. The van der Waals surface area contributed by atoms with Crippen molar-refractivity contribution in [3.05, 3.63) is 0 Å². The molecule has 0 aliphatic rings. The molecule has 0 saturated heterocycles. The molecule has 0 saturated carbocycles. The van der Waals surface area contributed by atoms with E-state index in [1.807, 2.05) is 0 Å². The van der Waals surface area contributed by atoms with Gasteiger partial charge in [-0.25, -0.2) is 0 Å². The number of carbonyl (C=O) groups excluding carboxylic acids is 3. The van der Waals surface area contributed by atoms with Gasteiger partial charge in [-0.05, 0) is 5.92 Å². The fourth-order valence-corrected chi connectivity index (χ4v) is 1.15. The van der Waals surface area contributed by atoms with Crippen molar-refractivity contribution in [3.63, 3.8) is 0 Å². The third-order valence-electron chi connectivity index (χ3n) is 1.76. The molecule has 0 spiro atoms. The summed E-state index contributed by atoms with van der Waals surface area (Å²) in [5.74, 6) is -1.97. The fraction of sp³-hybridized carbons (Fsp3) is 0.625. The number of amides is 3. The number of rotatable bonds is 5. The van der Waals surface area contributed by atoms with Crippen molar-refractivity contribution in [2.45, 2.75) is 26.3 Å².